The quantitative estimate of drug-likeness (QED) is 0.448. The topological polar surface area (TPSA) is 115 Å². The van der Waals surface area contributed by atoms with Gasteiger partial charge in [-0.2, -0.15) is 0 Å². The predicted octanol–water partition coefficient (Wildman–Crippen LogP) is 4.06. The van der Waals surface area contributed by atoms with Crippen LogP contribution < -0.4 is 0 Å². The molecule has 0 unspecified atom stereocenters. The van der Waals surface area contributed by atoms with Crippen molar-refractivity contribution in [2.24, 2.45) is 0 Å². The highest BCUT2D eigenvalue weighted by Crippen LogP contribution is 2.21. The van der Waals surface area contributed by atoms with Gasteiger partial charge < -0.3 is 20.4 Å². The summed E-state index contributed by atoms with van der Waals surface area (Å²) in [6.07, 6.45) is 2.80. The molecule has 3 rings (SSSR count). The maximum Gasteiger partial charge on any atom is 0.339 e. The number of aryl methyl sites for hydroxylation is 4. The van der Waals surface area contributed by atoms with Crippen LogP contribution in [0.3, 0.4) is 0 Å². The molecule has 0 aliphatic carbocycles. The summed E-state index contributed by atoms with van der Waals surface area (Å²) in [4.78, 5) is 22.2. The number of aromatic hydroxyl groups is 2. The molecule has 6 heteroatoms. The second kappa shape index (κ2) is 9.13. The molecule has 0 aromatic heterocycles. The zero-order valence-electron chi connectivity index (χ0n) is 16.2. The Morgan fingerprint density at radius 1 is 0.533 bits per heavy atom. The third kappa shape index (κ3) is 5.17. The van der Waals surface area contributed by atoms with Gasteiger partial charge in [0, 0.05) is 0 Å². The summed E-state index contributed by atoms with van der Waals surface area (Å²) in [6, 6.07) is 17.3. The van der Waals surface area contributed by atoms with Gasteiger partial charge in [0.25, 0.3) is 0 Å². The van der Waals surface area contributed by atoms with Crippen molar-refractivity contribution in [3.63, 3.8) is 0 Å². The number of rotatable bonds is 8. The number of carboxylic acid groups (broad SMARTS) is 2. The second-order valence-corrected chi connectivity index (χ2v) is 7.13. The number of hydrogen-bond acceptors (Lipinski definition) is 4. The van der Waals surface area contributed by atoms with Crippen LogP contribution in [0.4, 0.5) is 0 Å². The molecule has 0 aliphatic heterocycles. The van der Waals surface area contributed by atoms with Gasteiger partial charge in [0.1, 0.15) is 22.6 Å². The van der Waals surface area contributed by atoms with E-state index < -0.39 is 11.9 Å². The molecular formula is C24H22O6. The van der Waals surface area contributed by atoms with Gasteiger partial charge in [-0.05, 0) is 72.2 Å². The van der Waals surface area contributed by atoms with E-state index in [2.05, 4.69) is 0 Å². The number of carbonyl (C=O) groups is 2. The van der Waals surface area contributed by atoms with E-state index in [1.54, 1.807) is 12.1 Å². The molecule has 0 aliphatic rings. The number of hydrogen-bond donors (Lipinski definition) is 4. The first kappa shape index (κ1) is 20.9. The first-order valence-corrected chi connectivity index (χ1v) is 9.51. The van der Waals surface area contributed by atoms with E-state index in [-0.39, 0.29) is 22.6 Å². The molecule has 0 fully saturated rings. The van der Waals surface area contributed by atoms with Gasteiger partial charge in [-0.25, -0.2) is 9.59 Å². The average Bonchev–Trinajstić information content (AvgIpc) is 2.73. The lowest BCUT2D eigenvalue weighted by atomic mass is 9.99. The third-order valence-electron chi connectivity index (χ3n) is 5.01. The number of phenols is 2. The number of aromatic carboxylic acids is 2. The Bertz CT molecular complexity index is 983. The first-order chi connectivity index (χ1) is 14.3. The fourth-order valence-corrected chi connectivity index (χ4v) is 3.27. The summed E-state index contributed by atoms with van der Waals surface area (Å²) >= 11 is 0. The highest BCUT2D eigenvalue weighted by atomic mass is 16.4. The largest absolute Gasteiger partial charge is 0.507 e. The van der Waals surface area contributed by atoms with E-state index >= 15 is 0 Å². The van der Waals surface area contributed by atoms with Crippen molar-refractivity contribution in [3.05, 3.63) is 94.0 Å². The van der Waals surface area contributed by atoms with E-state index in [1.165, 1.54) is 24.3 Å². The molecule has 0 bridgehead atoms. The van der Waals surface area contributed by atoms with E-state index in [9.17, 15) is 19.8 Å². The molecule has 0 saturated carbocycles. The van der Waals surface area contributed by atoms with Crippen LogP contribution in [-0.4, -0.2) is 32.4 Å². The molecule has 3 aromatic carbocycles. The molecule has 0 saturated heterocycles. The maximum atomic E-state index is 11.1. The fraction of sp³-hybridized carbons (Fsp3) is 0.167. The van der Waals surface area contributed by atoms with Crippen molar-refractivity contribution in [1.29, 1.82) is 0 Å². The summed E-state index contributed by atoms with van der Waals surface area (Å²) < 4.78 is 0. The molecule has 154 valence electrons. The summed E-state index contributed by atoms with van der Waals surface area (Å²) in [7, 11) is 0. The average molecular weight is 406 g/mol. The summed E-state index contributed by atoms with van der Waals surface area (Å²) in [5, 5.41) is 37.4. The summed E-state index contributed by atoms with van der Waals surface area (Å²) in [6.45, 7) is 0. The molecule has 0 atom stereocenters. The van der Waals surface area contributed by atoms with E-state index in [0.717, 1.165) is 35.1 Å². The van der Waals surface area contributed by atoms with E-state index in [1.807, 2.05) is 24.3 Å². The maximum absolute atomic E-state index is 11.1. The van der Waals surface area contributed by atoms with Crippen LogP contribution in [0.15, 0.2) is 60.7 Å². The van der Waals surface area contributed by atoms with Gasteiger partial charge in [0.05, 0.1) is 0 Å². The Morgan fingerprint density at radius 2 is 0.833 bits per heavy atom. The number of carboxylic acids is 2. The van der Waals surface area contributed by atoms with Gasteiger partial charge in [-0.15, -0.1) is 0 Å². The fourth-order valence-electron chi connectivity index (χ4n) is 3.27. The van der Waals surface area contributed by atoms with Crippen LogP contribution in [0.25, 0.3) is 0 Å². The zero-order valence-corrected chi connectivity index (χ0v) is 16.2. The molecule has 30 heavy (non-hydrogen) atoms. The van der Waals surface area contributed by atoms with Gasteiger partial charge in [0.15, 0.2) is 0 Å². The molecule has 0 spiro atoms. The van der Waals surface area contributed by atoms with Crippen molar-refractivity contribution < 1.29 is 30.0 Å². The minimum atomic E-state index is -1.15. The van der Waals surface area contributed by atoms with Crippen LogP contribution in [0, 0.1) is 0 Å². The minimum Gasteiger partial charge on any atom is -0.507 e. The Balaban J connectivity index is 1.58. The van der Waals surface area contributed by atoms with Crippen LogP contribution >= 0.6 is 0 Å². The van der Waals surface area contributed by atoms with Crippen molar-refractivity contribution in [2.75, 3.05) is 0 Å². The Kier molecular flexibility index (Phi) is 6.37. The predicted molar refractivity (Wildman–Crippen MR) is 111 cm³/mol. The van der Waals surface area contributed by atoms with Gasteiger partial charge in [-0.1, -0.05) is 36.4 Å². The molecule has 0 heterocycles. The highest BCUT2D eigenvalue weighted by Gasteiger charge is 2.11. The molecule has 3 aromatic rings. The third-order valence-corrected chi connectivity index (χ3v) is 5.01. The Labute approximate surface area is 173 Å². The van der Waals surface area contributed by atoms with Crippen molar-refractivity contribution in [1.82, 2.24) is 0 Å². The van der Waals surface area contributed by atoms with Gasteiger partial charge in [-0.3, -0.25) is 0 Å². The second-order valence-electron chi connectivity index (χ2n) is 7.13. The van der Waals surface area contributed by atoms with Crippen LogP contribution in [0.1, 0.15) is 43.0 Å². The van der Waals surface area contributed by atoms with Crippen LogP contribution in [0.5, 0.6) is 11.5 Å². The lowest BCUT2D eigenvalue weighted by Crippen LogP contribution is -2.00. The Morgan fingerprint density at radius 3 is 1.17 bits per heavy atom. The Hall–Kier alpha value is -3.80. The van der Waals surface area contributed by atoms with Crippen LogP contribution in [0.2, 0.25) is 0 Å². The van der Waals surface area contributed by atoms with Gasteiger partial charge >= 0.3 is 11.9 Å². The molecular weight excluding hydrogens is 384 g/mol. The molecule has 0 radical (unpaired) electrons. The van der Waals surface area contributed by atoms with E-state index in [0.29, 0.717) is 12.8 Å². The zero-order chi connectivity index (χ0) is 21.7. The van der Waals surface area contributed by atoms with Gasteiger partial charge in [0.2, 0.25) is 0 Å². The lowest BCUT2D eigenvalue weighted by molar-refractivity contribution is 0.0682. The van der Waals surface area contributed by atoms with E-state index in [4.69, 9.17) is 10.2 Å². The molecule has 0 amide bonds. The molecule has 6 nitrogen and oxygen atoms in total. The minimum absolute atomic E-state index is 0.0943. The summed E-state index contributed by atoms with van der Waals surface area (Å²) in [5.41, 5.74) is 3.72. The normalized spacial score (nSPS) is 10.7. The standard InChI is InChI=1S/C24H22O6/c25-21-11-9-17(13-19(21)23(27)28)7-5-15-1-2-16(4-3-15)6-8-18-10-12-22(26)20(14-18)24(29)30/h1-4,9-14,25-26H,5-8H2,(H,27,28)(H,29,30). The summed E-state index contributed by atoms with van der Waals surface area (Å²) in [5.74, 6) is -2.77. The highest BCUT2D eigenvalue weighted by molar-refractivity contribution is 5.91. The van der Waals surface area contributed by atoms with Crippen molar-refractivity contribution in [2.45, 2.75) is 25.7 Å². The molecule has 4 N–H and O–H groups in total. The smallest absolute Gasteiger partial charge is 0.339 e. The first-order valence-electron chi connectivity index (χ1n) is 9.51. The SMILES string of the molecule is O=C(O)c1cc(CCc2ccc(CCc3ccc(O)c(C(=O)O)c3)cc2)ccc1O. The van der Waals surface area contributed by atoms with Crippen LogP contribution in [-0.2, 0) is 25.7 Å². The lowest BCUT2D eigenvalue weighted by Gasteiger charge is -2.07. The number of benzene rings is 3. The van der Waals surface area contributed by atoms with Crippen molar-refractivity contribution in [3.8, 4) is 11.5 Å². The monoisotopic (exact) mass is 406 g/mol. The van der Waals surface area contributed by atoms with Crippen molar-refractivity contribution >= 4 is 11.9 Å².